The van der Waals surface area contributed by atoms with Crippen molar-refractivity contribution in [2.75, 3.05) is 26.6 Å². The zero-order chi connectivity index (χ0) is 24.2. The maximum atomic E-state index is 12.7. The molecule has 34 heavy (non-hydrogen) atoms. The van der Waals surface area contributed by atoms with E-state index in [9.17, 15) is 4.79 Å². The van der Waals surface area contributed by atoms with Crippen LogP contribution in [-0.2, 0) is 6.42 Å². The fraction of sp³-hybridized carbons (Fsp3) is 0.227. The molecule has 2 N–H and O–H groups in total. The molecule has 2 aromatic carbocycles. The molecule has 0 aliphatic heterocycles. The first-order chi connectivity index (χ1) is 16.5. The molecule has 4 aromatic rings. The number of fused-ring (bicyclic) bond motifs is 1. The molecule has 1 amide bonds. The summed E-state index contributed by atoms with van der Waals surface area (Å²) in [5.41, 5.74) is 1.97. The highest BCUT2D eigenvalue weighted by molar-refractivity contribution is 7.80. The number of aryl methyl sites for hydroxylation is 1. The molecular weight excluding hydrogens is 476 g/mol. The number of anilines is 1. The van der Waals surface area contributed by atoms with Crippen LogP contribution in [0.2, 0.25) is 0 Å². The number of carbonyl (C=O) groups excluding carboxylic acids is 1. The molecule has 176 valence electrons. The van der Waals surface area contributed by atoms with Crippen molar-refractivity contribution in [2.45, 2.75) is 13.3 Å². The highest BCUT2D eigenvalue weighted by atomic mass is 32.1. The van der Waals surface area contributed by atoms with Crippen LogP contribution >= 0.6 is 23.6 Å². The molecule has 2 heterocycles. The summed E-state index contributed by atoms with van der Waals surface area (Å²) in [6, 6.07) is 10.7. The summed E-state index contributed by atoms with van der Waals surface area (Å²) in [6.07, 6.45) is 0.756. The lowest BCUT2D eigenvalue weighted by Crippen LogP contribution is -2.34. The zero-order valence-electron chi connectivity index (χ0n) is 18.9. The predicted molar refractivity (Wildman–Crippen MR) is 133 cm³/mol. The van der Waals surface area contributed by atoms with Gasteiger partial charge in [0.2, 0.25) is 10.7 Å². The summed E-state index contributed by atoms with van der Waals surface area (Å²) in [7, 11) is 4.46. The average Bonchev–Trinajstić information content (AvgIpc) is 3.44. The summed E-state index contributed by atoms with van der Waals surface area (Å²) < 4.78 is 17.6. The Balaban J connectivity index is 1.43. The van der Waals surface area contributed by atoms with Gasteiger partial charge in [0.05, 0.1) is 21.3 Å². The lowest BCUT2D eigenvalue weighted by atomic mass is 10.1. The molecule has 0 atom stereocenters. The summed E-state index contributed by atoms with van der Waals surface area (Å²) in [4.78, 5) is 13.5. The van der Waals surface area contributed by atoms with E-state index in [1.165, 1.54) is 32.7 Å². The minimum absolute atomic E-state index is 0.151. The Morgan fingerprint density at radius 2 is 1.74 bits per heavy atom. The summed E-state index contributed by atoms with van der Waals surface area (Å²) in [5, 5.41) is 19.5. The van der Waals surface area contributed by atoms with Crippen LogP contribution in [0.4, 0.5) is 5.69 Å². The van der Waals surface area contributed by atoms with Crippen molar-refractivity contribution in [3.63, 3.8) is 0 Å². The van der Waals surface area contributed by atoms with E-state index >= 15 is 0 Å². The maximum absolute atomic E-state index is 12.7. The topological polar surface area (TPSA) is 112 Å². The van der Waals surface area contributed by atoms with Crippen LogP contribution in [0.5, 0.6) is 17.2 Å². The minimum Gasteiger partial charge on any atom is -0.493 e. The van der Waals surface area contributed by atoms with Crippen LogP contribution in [-0.4, -0.2) is 52.2 Å². The third-order valence-corrected chi connectivity index (χ3v) is 6.07. The van der Waals surface area contributed by atoms with E-state index in [-0.39, 0.29) is 5.11 Å². The van der Waals surface area contributed by atoms with Crippen molar-refractivity contribution in [3.05, 3.63) is 47.8 Å². The van der Waals surface area contributed by atoms with Gasteiger partial charge in [-0.25, -0.2) is 0 Å². The van der Waals surface area contributed by atoms with Crippen LogP contribution in [0.3, 0.4) is 0 Å². The lowest BCUT2D eigenvalue weighted by molar-refractivity contribution is 0.0977. The number of nitrogens with one attached hydrogen (secondary N) is 2. The van der Waals surface area contributed by atoms with E-state index in [2.05, 4.69) is 25.9 Å². The van der Waals surface area contributed by atoms with Crippen LogP contribution < -0.4 is 24.8 Å². The Hall–Kier alpha value is -3.77. The van der Waals surface area contributed by atoms with Gasteiger partial charge >= 0.3 is 0 Å². The highest BCUT2D eigenvalue weighted by Crippen LogP contribution is 2.38. The number of methoxy groups -OCH3 is 3. The second-order valence-electron chi connectivity index (χ2n) is 6.97. The van der Waals surface area contributed by atoms with E-state index in [4.69, 9.17) is 26.4 Å². The first-order valence-electron chi connectivity index (χ1n) is 10.2. The third kappa shape index (κ3) is 4.63. The third-order valence-electron chi connectivity index (χ3n) is 4.92. The standard InChI is InChI=1S/C22H22N6O4S2/c1-5-17-25-26-22-28(17)27-20(34-22)12-6-8-14(9-7-12)23-21(33)24-19(29)13-10-15(30-2)18(32-4)16(11-13)31-3/h6-11H,5H2,1-4H3,(H2,23,24,29,33). The Kier molecular flexibility index (Phi) is 6.89. The number of thiocarbonyl (C=S) groups is 1. The van der Waals surface area contributed by atoms with Gasteiger partial charge in [0.15, 0.2) is 22.4 Å². The molecule has 10 nitrogen and oxygen atoms in total. The normalized spacial score (nSPS) is 10.7. The van der Waals surface area contributed by atoms with Crippen molar-refractivity contribution < 1.29 is 19.0 Å². The number of benzene rings is 2. The predicted octanol–water partition coefficient (Wildman–Crippen LogP) is 3.57. The van der Waals surface area contributed by atoms with Gasteiger partial charge in [-0.15, -0.1) is 10.2 Å². The lowest BCUT2D eigenvalue weighted by Gasteiger charge is -2.14. The Labute approximate surface area is 204 Å². The molecule has 0 spiro atoms. The second kappa shape index (κ2) is 10.0. The van der Waals surface area contributed by atoms with Crippen molar-refractivity contribution in [1.29, 1.82) is 0 Å². The first-order valence-corrected chi connectivity index (χ1v) is 11.4. The van der Waals surface area contributed by atoms with Gasteiger partial charge < -0.3 is 19.5 Å². The Morgan fingerprint density at radius 1 is 1.06 bits per heavy atom. The Morgan fingerprint density at radius 3 is 2.32 bits per heavy atom. The van der Waals surface area contributed by atoms with Gasteiger partial charge in [0.25, 0.3) is 5.91 Å². The molecule has 0 radical (unpaired) electrons. The molecule has 0 saturated carbocycles. The molecule has 0 saturated heterocycles. The van der Waals surface area contributed by atoms with Gasteiger partial charge in [0.1, 0.15) is 5.01 Å². The molecule has 4 rings (SSSR count). The van der Waals surface area contributed by atoms with E-state index in [0.717, 1.165) is 33.5 Å². The molecular formula is C22H22N6O4S2. The van der Waals surface area contributed by atoms with Crippen LogP contribution in [0.15, 0.2) is 36.4 Å². The van der Waals surface area contributed by atoms with E-state index in [1.807, 2.05) is 31.2 Å². The van der Waals surface area contributed by atoms with Gasteiger partial charge in [-0.3, -0.25) is 10.1 Å². The van der Waals surface area contributed by atoms with Crippen molar-refractivity contribution in [2.24, 2.45) is 0 Å². The number of hydrogen-bond donors (Lipinski definition) is 2. The molecule has 0 aliphatic rings. The number of hydrogen-bond acceptors (Lipinski definition) is 9. The second-order valence-corrected chi connectivity index (χ2v) is 8.34. The van der Waals surface area contributed by atoms with Crippen molar-refractivity contribution >= 4 is 45.2 Å². The zero-order valence-corrected chi connectivity index (χ0v) is 20.5. The molecule has 2 aromatic heterocycles. The van der Waals surface area contributed by atoms with Crippen LogP contribution in [0.1, 0.15) is 23.1 Å². The summed E-state index contributed by atoms with van der Waals surface area (Å²) in [6.45, 7) is 2.01. The number of nitrogens with zero attached hydrogens (tertiary/aromatic N) is 4. The highest BCUT2D eigenvalue weighted by Gasteiger charge is 2.18. The number of amides is 1. The van der Waals surface area contributed by atoms with Crippen LogP contribution in [0, 0.1) is 0 Å². The Bertz CT molecular complexity index is 1320. The molecule has 0 fully saturated rings. The quantitative estimate of drug-likeness (QED) is 0.369. The largest absolute Gasteiger partial charge is 0.493 e. The average molecular weight is 499 g/mol. The van der Waals surface area contributed by atoms with Crippen LogP contribution in [0.25, 0.3) is 15.5 Å². The maximum Gasteiger partial charge on any atom is 0.257 e. The fourth-order valence-electron chi connectivity index (χ4n) is 3.24. The number of rotatable bonds is 7. The minimum atomic E-state index is -0.417. The fourth-order valence-corrected chi connectivity index (χ4v) is 4.31. The van der Waals surface area contributed by atoms with Gasteiger partial charge in [-0.2, -0.15) is 9.61 Å². The van der Waals surface area contributed by atoms with E-state index in [1.54, 1.807) is 16.6 Å². The first kappa shape index (κ1) is 23.4. The summed E-state index contributed by atoms with van der Waals surface area (Å²) >= 11 is 6.78. The van der Waals surface area contributed by atoms with Crippen molar-refractivity contribution in [1.82, 2.24) is 25.1 Å². The number of ether oxygens (including phenoxy) is 3. The molecule has 12 heteroatoms. The van der Waals surface area contributed by atoms with Gasteiger partial charge in [-0.1, -0.05) is 18.3 Å². The number of aromatic nitrogens is 4. The molecule has 0 aliphatic carbocycles. The monoisotopic (exact) mass is 498 g/mol. The molecule has 0 unspecified atom stereocenters. The van der Waals surface area contributed by atoms with E-state index in [0.29, 0.717) is 22.8 Å². The molecule has 0 bridgehead atoms. The van der Waals surface area contributed by atoms with Crippen molar-refractivity contribution in [3.8, 4) is 27.8 Å². The summed E-state index contributed by atoms with van der Waals surface area (Å²) in [5.74, 6) is 1.55. The van der Waals surface area contributed by atoms with E-state index < -0.39 is 5.91 Å². The van der Waals surface area contributed by atoms with Gasteiger partial charge in [-0.05, 0) is 48.6 Å². The smallest absolute Gasteiger partial charge is 0.257 e. The van der Waals surface area contributed by atoms with Gasteiger partial charge in [0, 0.05) is 23.2 Å². The SMILES string of the molecule is CCc1nnc2sc(-c3ccc(NC(=S)NC(=O)c4cc(OC)c(OC)c(OC)c4)cc3)nn12. The number of carbonyl (C=O) groups is 1.